The van der Waals surface area contributed by atoms with E-state index in [1.807, 2.05) is 0 Å². The fourth-order valence-corrected chi connectivity index (χ4v) is 2.72. The highest BCUT2D eigenvalue weighted by atomic mass is 19.2. The van der Waals surface area contributed by atoms with Crippen molar-refractivity contribution in [3.63, 3.8) is 0 Å². The van der Waals surface area contributed by atoms with Crippen molar-refractivity contribution in [2.45, 2.75) is 25.9 Å². The molecule has 0 spiro atoms. The van der Waals surface area contributed by atoms with Crippen molar-refractivity contribution in [1.29, 1.82) is 0 Å². The molecule has 25 heavy (non-hydrogen) atoms. The van der Waals surface area contributed by atoms with Gasteiger partial charge < -0.3 is 14.7 Å². The van der Waals surface area contributed by atoms with Gasteiger partial charge in [0.1, 0.15) is 0 Å². The molecule has 138 valence electrons. The van der Waals surface area contributed by atoms with Crippen LogP contribution >= 0.6 is 0 Å². The number of hydrogen-bond donors (Lipinski definition) is 1. The minimum absolute atomic E-state index is 0.128. The molecule has 1 aromatic carbocycles. The molecule has 2 rings (SSSR count). The van der Waals surface area contributed by atoms with E-state index in [2.05, 4.69) is 4.90 Å². The summed E-state index contributed by atoms with van der Waals surface area (Å²) in [5.41, 5.74) is 0. The normalized spacial score (nSPS) is 16.5. The van der Waals surface area contributed by atoms with E-state index < -0.39 is 23.7 Å². The fraction of sp³-hybridized carbons (Fsp3) is 0.529. The lowest BCUT2D eigenvalue weighted by molar-refractivity contribution is -0.139. The van der Waals surface area contributed by atoms with Crippen LogP contribution in [0.15, 0.2) is 18.2 Å². The molecule has 6 nitrogen and oxygen atoms in total. The Morgan fingerprint density at radius 2 is 1.92 bits per heavy atom. The number of benzene rings is 1. The number of rotatable bonds is 7. The summed E-state index contributed by atoms with van der Waals surface area (Å²) in [6.45, 7) is 4.45. The van der Waals surface area contributed by atoms with Crippen LogP contribution in [0, 0.1) is 11.6 Å². The Morgan fingerprint density at radius 3 is 2.56 bits per heavy atom. The molecule has 1 aliphatic rings. The Balaban J connectivity index is 1.81. The van der Waals surface area contributed by atoms with E-state index in [1.165, 1.54) is 19.1 Å². The summed E-state index contributed by atoms with van der Waals surface area (Å²) in [7, 11) is 0. The van der Waals surface area contributed by atoms with Crippen LogP contribution in [0.5, 0.6) is 5.75 Å². The summed E-state index contributed by atoms with van der Waals surface area (Å²) in [5, 5.41) is 8.64. The lowest BCUT2D eigenvalue weighted by atomic mass is 10.2. The van der Waals surface area contributed by atoms with Gasteiger partial charge in [-0.15, -0.1) is 0 Å². The molecule has 1 heterocycles. The van der Waals surface area contributed by atoms with Gasteiger partial charge in [0, 0.05) is 32.6 Å². The lowest BCUT2D eigenvalue weighted by Gasteiger charge is -2.35. The minimum Gasteiger partial charge on any atom is -0.481 e. The summed E-state index contributed by atoms with van der Waals surface area (Å²) in [6.07, 6.45) is -0.222. The zero-order valence-corrected chi connectivity index (χ0v) is 14.1. The Bertz CT molecular complexity index is 619. The Hall–Kier alpha value is -2.22. The molecule has 0 aliphatic carbocycles. The van der Waals surface area contributed by atoms with Gasteiger partial charge in [0.05, 0.1) is 0 Å². The zero-order chi connectivity index (χ0) is 18.4. The Kier molecular flexibility index (Phi) is 6.69. The topological polar surface area (TPSA) is 70.1 Å². The highest BCUT2D eigenvalue weighted by molar-refractivity contribution is 5.81. The first-order valence-corrected chi connectivity index (χ1v) is 8.22. The zero-order valence-electron chi connectivity index (χ0n) is 14.1. The van der Waals surface area contributed by atoms with Gasteiger partial charge >= 0.3 is 5.97 Å². The number of aliphatic carboxylic acids is 1. The monoisotopic (exact) mass is 356 g/mol. The summed E-state index contributed by atoms with van der Waals surface area (Å²) in [6, 6.07) is 3.59. The van der Waals surface area contributed by atoms with Crippen LogP contribution in [-0.2, 0) is 9.59 Å². The van der Waals surface area contributed by atoms with Crippen LogP contribution in [0.1, 0.15) is 19.8 Å². The highest BCUT2D eigenvalue weighted by Gasteiger charge is 2.26. The number of ether oxygens (including phenoxy) is 1. The van der Waals surface area contributed by atoms with E-state index in [0.717, 1.165) is 6.07 Å². The standard InChI is InChI=1S/C17H22F2N2O4/c1-12(25-14-5-2-4-13(18)16(14)19)17(24)21-10-8-20(9-11-21)7-3-6-15(22)23/h2,4-5,12H,3,6-11H2,1H3,(H,22,23)/t12-/m0/s1. The maximum Gasteiger partial charge on any atom is 0.303 e. The van der Waals surface area contributed by atoms with E-state index in [9.17, 15) is 18.4 Å². The van der Waals surface area contributed by atoms with Crippen LogP contribution in [0.4, 0.5) is 8.78 Å². The molecular weight excluding hydrogens is 334 g/mol. The molecule has 8 heteroatoms. The van der Waals surface area contributed by atoms with Crippen molar-refractivity contribution in [1.82, 2.24) is 9.80 Å². The van der Waals surface area contributed by atoms with Gasteiger partial charge in [-0.25, -0.2) is 4.39 Å². The molecule has 1 aromatic rings. The van der Waals surface area contributed by atoms with Crippen molar-refractivity contribution >= 4 is 11.9 Å². The van der Waals surface area contributed by atoms with Crippen molar-refractivity contribution in [3.05, 3.63) is 29.8 Å². The van der Waals surface area contributed by atoms with Gasteiger partial charge in [-0.05, 0) is 32.0 Å². The van der Waals surface area contributed by atoms with Gasteiger partial charge in [-0.1, -0.05) is 6.07 Å². The average molecular weight is 356 g/mol. The van der Waals surface area contributed by atoms with Crippen molar-refractivity contribution < 1.29 is 28.2 Å². The van der Waals surface area contributed by atoms with Gasteiger partial charge in [0.15, 0.2) is 17.7 Å². The highest BCUT2D eigenvalue weighted by Crippen LogP contribution is 2.21. The maximum absolute atomic E-state index is 13.6. The molecule has 0 aromatic heterocycles. The molecule has 1 fully saturated rings. The second-order valence-electron chi connectivity index (χ2n) is 5.98. The lowest BCUT2D eigenvalue weighted by Crippen LogP contribution is -2.52. The third kappa shape index (κ3) is 5.38. The van der Waals surface area contributed by atoms with Crippen molar-refractivity contribution in [2.24, 2.45) is 0 Å². The molecule has 1 saturated heterocycles. The number of carbonyl (C=O) groups is 2. The summed E-state index contributed by atoms with van der Waals surface area (Å²) in [5.74, 6) is -3.51. The first-order valence-electron chi connectivity index (χ1n) is 8.22. The number of amides is 1. The molecule has 0 radical (unpaired) electrons. The van der Waals surface area contributed by atoms with Crippen LogP contribution in [-0.4, -0.2) is 65.6 Å². The Morgan fingerprint density at radius 1 is 1.24 bits per heavy atom. The first-order chi connectivity index (χ1) is 11.9. The number of nitrogens with zero attached hydrogens (tertiary/aromatic N) is 2. The number of carboxylic acid groups (broad SMARTS) is 1. The molecule has 1 N–H and O–H groups in total. The van der Waals surface area contributed by atoms with Crippen LogP contribution < -0.4 is 4.74 Å². The van der Waals surface area contributed by atoms with Gasteiger partial charge in [0.2, 0.25) is 5.82 Å². The van der Waals surface area contributed by atoms with E-state index in [1.54, 1.807) is 4.90 Å². The quantitative estimate of drug-likeness (QED) is 0.806. The molecular formula is C17H22F2N2O4. The third-order valence-corrected chi connectivity index (χ3v) is 4.12. The second-order valence-corrected chi connectivity index (χ2v) is 5.98. The molecule has 0 bridgehead atoms. The largest absolute Gasteiger partial charge is 0.481 e. The molecule has 1 aliphatic heterocycles. The Labute approximate surface area is 145 Å². The van der Waals surface area contributed by atoms with Gasteiger partial charge in [-0.3, -0.25) is 14.5 Å². The van der Waals surface area contributed by atoms with Crippen LogP contribution in [0.2, 0.25) is 0 Å². The van der Waals surface area contributed by atoms with E-state index in [-0.39, 0.29) is 18.1 Å². The molecule has 1 atom stereocenters. The van der Waals surface area contributed by atoms with Crippen LogP contribution in [0.3, 0.4) is 0 Å². The predicted octanol–water partition coefficient (Wildman–Crippen LogP) is 1.74. The number of carbonyl (C=O) groups excluding carboxylic acids is 1. The predicted molar refractivity (Wildman–Crippen MR) is 86.3 cm³/mol. The molecule has 1 amide bonds. The van der Waals surface area contributed by atoms with Crippen LogP contribution in [0.25, 0.3) is 0 Å². The number of halogens is 2. The third-order valence-electron chi connectivity index (χ3n) is 4.12. The van der Waals surface area contributed by atoms with E-state index >= 15 is 0 Å². The first kappa shape index (κ1) is 19.1. The summed E-state index contributed by atoms with van der Waals surface area (Å²) >= 11 is 0. The number of piperazine rings is 1. The fourth-order valence-electron chi connectivity index (χ4n) is 2.72. The molecule has 0 unspecified atom stereocenters. The number of hydrogen-bond acceptors (Lipinski definition) is 4. The van der Waals surface area contributed by atoms with Gasteiger partial charge in [-0.2, -0.15) is 4.39 Å². The summed E-state index contributed by atoms with van der Waals surface area (Å²) in [4.78, 5) is 26.6. The second kappa shape index (κ2) is 8.75. The molecule has 0 saturated carbocycles. The van der Waals surface area contributed by atoms with Crippen molar-refractivity contribution in [2.75, 3.05) is 32.7 Å². The summed E-state index contributed by atoms with van der Waals surface area (Å²) < 4.78 is 32.1. The maximum atomic E-state index is 13.6. The smallest absolute Gasteiger partial charge is 0.303 e. The number of carboxylic acids is 1. The minimum atomic E-state index is -1.11. The SMILES string of the molecule is C[C@H](Oc1cccc(F)c1F)C(=O)N1CCN(CCCC(=O)O)CC1. The van der Waals surface area contributed by atoms with E-state index in [0.29, 0.717) is 39.1 Å². The van der Waals surface area contributed by atoms with Gasteiger partial charge in [0.25, 0.3) is 5.91 Å². The van der Waals surface area contributed by atoms with E-state index in [4.69, 9.17) is 9.84 Å². The average Bonchev–Trinajstić information content (AvgIpc) is 2.58. The van der Waals surface area contributed by atoms with Crippen molar-refractivity contribution in [3.8, 4) is 5.75 Å².